The molecule has 2 N–H and O–H groups in total. The Labute approximate surface area is 135 Å². The fourth-order valence-electron chi connectivity index (χ4n) is 1.40. The molecule has 1 aromatic carbocycles. The predicted molar refractivity (Wildman–Crippen MR) is 83.9 cm³/mol. The topological polar surface area (TPSA) is 83.5 Å². The third-order valence-electron chi connectivity index (χ3n) is 2.29. The molecule has 0 atom stereocenters. The number of benzene rings is 1. The maximum atomic E-state index is 12.2. The lowest BCUT2D eigenvalue weighted by Crippen LogP contribution is -2.13. The van der Waals surface area contributed by atoms with E-state index in [2.05, 4.69) is 36.6 Å². The van der Waals surface area contributed by atoms with Crippen molar-refractivity contribution in [3.8, 4) is 0 Å². The van der Waals surface area contributed by atoms with E-state index in [1.807, 2.05) is 0 Å². The average Bonchev–Trinajstić information content (AvgIpc) is 2.78. The van der Waals surface area contributed by atoms with Gasteiger partial charge in [-0.1, -0.05) is 0 Å². The minimum atomic E-state index is -3.77. The van der Waals surface area contributed by atoms with E-state index >= 15 is 0 Å². The van der Waals surface area contributed by atoms with Crippen LogP contribution in [0.3, 0.4) is 0 Å². The second-order valence-electron chi connectivity index (χ2n) is 3.66. The highest BCUT2D eigenvalue weighted by atomic mass is 79.9. The fourth-order valence-corrected chi connectivity index (χ4v) is 5.29. The van der Waals surface area contributed by atoms with Gasteiger partial charge < -0.3 is 5.11 Å². The van der Waals surface area contributed by atoms with E-state index in [-0.39, 0.29) is 15.5 Å². The number of hydrogen-bond acceptors (Lipinski definition) is 4. The highest BCUT2D eigenvalue weighted by Crippen LogP contribution is 2.31. The Morgan fingerprint density at radius 1 is 1.20 bits per heavy atom. The van der Waals surface area contributed by atoms with E-state index in [0.29, 0.717) is 8.95 Å². The lowest BCUT2D eigenvalue weighted by atomic mass is 10.2. The Kier molecular flexibility index (Phi) is 4.52. The number of rotatable bonds is 4. The number of carboxylic acid groups (broad SMARTS) is 1. The van der Waals surface area contributed by atoms with Crippen LogP contribution < -0.4 is 4.72 Å². The van der Waals surface area contributed by atoms with Gasteiger partial charge in [0.15, 0.2) is 4.21 Å². The minimum absolute atomic E-state index is 0.00357. The van der Waals surface area contributed by atoms with Gasteiger partial charge in [-0.15, -0.1) is 11.3 Å². The molecule has 106 valence electrons. The average molecular weight is 441 g/mol. The molecule has 2 aromatic rings. The van der Waals surface area contributed by atoms with Gasteiger partial charge in [0.25, 0.3) is 10.0 Å². The van der Waals surface area contributed by atoms with Crippen LogP contribution in [0.2, 0.25) is 0 Å². The number of anilines is 1. The zero-order valence-electron chi connectivity index (χ0n) is 9.63. The molecule has 0 bridgehead atoms. The molecule has 0 radical (unpaired) electrons. The molecular formula is C11H7Br2NO4S2. The van der Waals surface area contributed by atoms with E-state index in [4.69, 9.17) is 5.11 Å². The molecule has 9 heteroatoms. The van der Waals surface area contributed by atoms with Crippen LogP contribution in [0.15, 0.2) is 42.8 Å². The Morgan fingerprint density at radius 2 is 1.90 bits per heavy atom. The third kappa shape index (κ3) is 3.22. The summed E-state index contributed by atoms with van der Waals surface area (Å²) in [7, 11) is -3.77. The molecule has 0 unspecified atom stereocenters. The molecule has 0 amide bonds. The molecule has 0 saturated heterocycles. The van der Waals surface area contributed by atoms with Crippen LogP contribution in [-0.2, 0) is 10.0 Å². The van der Waals surface area contributed by atoms with Crippen molar-refractivity contribution < 1.29 is 18.3 Å². The van der Waals surface area contributed by atoms with E-state index in [0.717, 1.165) is 11.3 Å². The van der Waals surface area contributed by atoms with Crippen LogP contribution in [0, 0.1) is 0 Å². The van der Waals surface area contributed by atoms with Gasteiger partial charge in [-0.25, -0.2) is 13.2 Å². The van der Waals surface area contributed by atoms with E-state index < -0.39 is 16.0 Å². The summed E-state index contributed by atoms with van der Waals surface area (Å²) < 4.78 is 27.8. The number of hydrogen-bond donors (Lipinski definition) is 2. The van der Waals surface area contributed by atoms with Crippen molar-refractivity contribution in [1.29, 1.82) is 0 Å². The van der Waals surface area contributed by atoms with Crippen molar-refractivity contribution in [1.82, 2.24) is 0 Å². The summed E-state index contributed by atoms with van der Waals surface area (Å²) in [6.07, 6.45) is 0. The number of nitrogens with one attached hydrogen (secondary N) is 1. The van der Waals surface area contributed by atoms with Gasteiger partial charge in [-0.05, 0) is 61.5 Å². The van der Waals surface area contributed by atoms with Crippen molar-refractivity contribution >= 4 is 64.9 Å². The number of carboxylic acids is 1. The highest BCUT2D eigenvalue weighted by Gasteiger charge is 2.21. The van der Waals surface area contributed by atoms with E-state index in [1.54, 1.807) is 11.4 Å². The van der Waals surface area contributed by atoms with Crippen LogP contribution in [0.5, 0.6) is 0 Å². The van der Waals surface area contributed by atoms with Gasteiger partial charge in [0.2, 0.25) is 0 Å². The fraction of sp³-hybridized carbons (Fsp3) is 0. The lowest BCUT2D eigenvalue weighted by Gasteiger charge is -2.09. The molecule has 2 rings (SSSR count). The molecule has 0 aliphatic rings. The number of sulfonamides is 1. The Balaban J connectivity index is 2.42. The van der Waals surface area contributed by atoms with Gasteiger partial charge in [-0.3, -0.25) is 4.72 Å². The van der Waals surface area contributed by atoms with Crippen LogP contribution in [0.25, 0.3) is 0 Å². The Bertz CT molecular complexity index is 770. The van der Waals surface area contributed by atoms with Crippen LogP contribution in [0.1, 0.15) is 10.4 Å². The summed E-state index contributed by atoms with van der Waals surface area (Å²) in [5, 5.41) is 10.6. The molecule has 0 spiro atoms. The lowest BCUT2D eigenvalue weighted by molar-refractivity contribution is 0.0697. The third-order valence-corrected chi connectivity index (χ3v) is 7.01. The van der Waals surface area contributed by atoms with Crippen molar-refractivity contribution in [3.05, 3.63) is 44.2 Å². The minimum Gasteiger partial charge on any atom is -0.478 e. The van der Waals surface area contributed by atoms with Gasteiger partial charge in [0.05, 0.1) is 11.3 Å². The number of halogens is 2. The standard InChI is InChI=1S/C11H7Br2NO4S2/c12-7-2-1-6(10(15)16)5-9(7)14-20(17,18)11-8(13)3-4-19-11/h1-5,14H,(H,15,16). The first kappa shape index (κ1) is 15.5. The van der Waals surface area contributed by atoms with Crippen LogP contribution in [0.4, 0.5) is 5.69 Å². The van der Waals surface area contributed by atoms with Gasteiger partial charge in [0.1, 0.15) is 0 Å². The van der Waals surface area contributed by atoms with Crippen molar-refractivity contribution in [2.24, 2.45) is 0 Å². The smallest absolute Gasteiger partial charge is 0.335 e. The maximum Gasteiger partial charge on any atom is 0.335 e. The van der Waals surface area contributed by atoms with Crippen molar-refractivity contribution in [2.75, 3.05) is 4.72 Å². The maximum absolute atomic E-state index is 12.2. The van der Waals surface area contributed by atoms with Crippen molar-refractivity contribution in [3.63, 3.8) is 0 Å². The number of carbonyl (C=O) groups is 1. The van der Waals surface area contributed by atoms with E-state index in [1.165, 1.54) is 18.2 Å². The SMILES string of the molecule is O=C(O)c1ccc(Br)c(NS(=O)(=O)c2sccc2Br)c1. The molecule has 5 nitrogen and oxygen atoms in total. The Hall–Kier alpha value is -0.900. The molecule has 20 heavy (non-hydrogen) atoms. The second-order valence-corrected chi connectivity index (χ2v) is 8.16. The zero-order chi connectivity index (χ0) is 14.9. The molecule has 0 saturated carbocycles. The largest absolute Gasteiger partial charge is 0.478 e. The first-order valence-corrected chi connectivity index (χ1v) is 9.05. The zero-order valence-corrected chi connectivity index (χ0v) is 14.4. The van der Waals surface area contributed by atoms with E-state index in [9.17, 15) is 13.2 Å². The van der Waals surface area contributed by atoms with Gasteiger partial charge >= 0.3 is 5.97 Å². The summed E-state index contributed by atoms with van der Waals surface area (Å²) >= 11 is 7.41. The number of aromatic carboxylic acids is 1. The first-order chi connectivity index (χ1) is 9.31. The Morgan fingerprint density at radius 3 is 2.45 bits per heavy atom. The highest BCUT2D eigenvalue weighted by molar-refractivity contribution is 9.11. The molecule has 1 heterocycles. The summed E-state index contributed by atoms with van der Waals surface area (Å²) in [6, 6.07) is 5.74. The summed E-state index contributed by atoms with van der Waals surface area (Å²) in [6.45, 7) is 0. The summed E-state index contributed by atoms with van der Waals surface area (Å²) in [4.78, 5) is 10.9. The first-order valence-electron chi connectivity index (χ1n) is 5.10. The molecule has 0 aliphatic heterocycles. The molecular weight excluding hydrogens is 434 g/mol. The molecule has 0 fully saturated rings. The summed E-state index contributed by atoms with van der Waals surface area (Å²) in [5.41, 5.74) is 0.168. The normalized spacial score (nSPS) is 11.3. The van der Waals surface area contributed by atoms with Crippen LogP contribution >= 0.6 is 43.2 Å². The molecule has 1 aromatic heterocycles. The monoisotopic (exact) mass is 439 g/mol. The van der Waals surface area contributed by atoms with Crippen LogP contribution in [-0.4, -0.2) is 19.5 Å². The van der Waals surface area contributed by atoms with Gasteiger partial charge in [0, 0.05) is 8.95 Å². The van der Waals surface area contributed by atoms with Gasteiger partial charge in [-0.2, -0.15) is 0 Å². The summed E-state index contributed by atoms with van der Waals surface area (Å²) in [5.74, 6) is -1.13. The van der Waals surface area contributed by atoms with Crippen molar-refractivity contribution in [2.45, 2.75) is 4.21 Å². The quantitative estimate of drug-likeness (QED) is 0.757. The number of thiophene rings is 1. The predicted octanol–water partition coefficient (Wildman–Crippen LogP) is 3.77. The molecule has 0 aliphatic carbocycles. The second kappa shape index (κ2) is 5.84.